The predicted molar refractivity (Wildman–Crippen MR) is 116 cm³/mol. The van der Waals surface area contributed by atoms with Crippen molar-refractivity contribution in [2.45, 2.75) is 26.3 Å². The molecule has 7 nitrogen and oxygen atoms in total. The molecule has 0 radical (unpaired) electrons. The van der Waals surface area contributed by atoms with Crippen molar-refractivity contribution in [2.24, 2.45) is 5.41 Å². The van der Waals surface area contributed by atoms with Gasteiger partial charge in [0.2, 0.25) is 5.58 Å². The Hall–Kier alpha value is -3.63. The van der Waals surface area contributed by atoms with Crippen molar-refractivity contribution >= 4 is 22.7 Å². The van der Waals surface area contributed by atoms with E-state index in [4.69, 9.17) is 16.0 Å². The topological polar surface area (TPSA) is 93.8 Å². The van der Waals surface area contributed by atoms with Gasteiger partial charge in [-0.2, -0.15) is 5.26 Å². The van der Waals surface area contributed by atoms with Gasteiger partial charge in [0.05, 0.1) is 33.9 Å². The van der Waals surface area contributed by atoms with Crippen LogP contribution in [0.2, 0.25) is 5.02 Å². The number of fused-ring (bicyclic) bond motifs is 1. The van der Waals surface area contributed by atoms with E-state index >= 15 is 0 Å². The Morgan fingerprint density at radius 3 is 2.68 bits per heavy atom. The van der Waals surface area contributed by atoms with E-state index in [-0.39, 0.29) is 12.1 Å². The summed E-state index contributed by atoms with van der Waals surface area (Å²) in [7, 11) is 0. The van der Waals surface area contributed by atoms with E-state index in [2.05, 4.69) is 11.1 Å². The highest BCUT2D eigenvalue weighted by atomic mass is 35.5. The largest absolute Gasteiger partial charge is 0.449 e. The number of rotatable bonds is 4. The fourth-order valence-corrected chi connectivity index (χ4v) is 3.97. The first-order chi connectivity index (χ1) is 14.9. The van der Waals surface area contributed by atoms with Gasteiger partial charge < -0.3 is 4.42 Å². The van der Waals surface area contributed by atoms with Crippen molar-refractivity contribution in [1.29, 1.82) is 5.26 Å². The number of halogens is 1. The van der Waals surface area contributed by atoms with Gasteiger partial charge in [-0.3, -0.25) is 14.3 Å². The van der Waals surface area contributed by atoms with Gasteiger partial charge in [-0.15, -0.1) is 0 Å². The van der Waals surface area contributed by atoms with Crippen molar-refractivity contribution in [3.63, 3.8) is 0 Å². The van der Waals surface area contributed by atoms with Crippen LogP contribution < -0.4 is 11.2 Å². The molecule has 1 aliphatic rings. The molecule has 0 amide bonds. The Balaban J connectivity index is 1.83. The van der Waals surface area contributed by atoms with Crippen LogP contribution in [0.1, 0.15) is 18.4 Å². The summed E-state index contributed by atoms with van der Waals surface area (Å²) in [5.41, 5.74) is 0.440. The molecule has 0 unspecified atom stereocenters. The molecule has 154 valence electrons. The first kappa shape index (κ1) is 19.3. The van der Waals surface area contributed by atoms with Crippen molar-refractivity contribution in [3.05, 3.63) is 80.2 Å². The van der Waals surface area contributed by atoms with Gasteiger partial charge in [0.15, 0.2) is 0 Å². The molecule has 4 aromatic rings. The zero-order valence-electron chi connectivity index (χ0n) is 16.6. The Labute approximate surface area is 181 Å². The maximum atomic E-state index is 13.5. The number of furan rings is 1. The summed E-state index contributed by atoms with van der Waals surface area (Å²) in [6.07, 6.45) is 4.51. The second-order valence-electron chi connectivity index (χ2n) is 7.93. The normalized spacial score (nSPS) is 14.5. The lowest BCUT2D eigenvalue weighted by molar-refractivity contribution is 0.509. The number of aryl methyl sites for hydroxylation is 1. The molecule has 0 N–H and O–H groups in total. The van der Waals surface area contributed by atoms with Gasteiger partial charge in [-0.25, -0.2) is 9.36 Å². The molecule has 31 heavy (non-hydrogen) atoms. The fraction of sp³-hybridized carbons (Fsp3) is 0.217. The highest BCUT2D eigenvalue weighted by Gasteiger charge is 2.44. The van der Waals surface area contributed by atoms with Crippen LogP contribution in [0.3, 0.4) is 0 Å². The smallest absolute Gasteiger partial charge is 0.336 e. The minimum atomic E-state index is -0.605. The number of aromatic nitrogens is 3. The highest BCUT2D eigenvalue weighted by molar-refractivity contribution is 6.33. The number of benzene rings is 1. The number of hydrogen-bond acceptors (Lipinski definition) is 5. The van der Waals surface area contributed by atoms with Crippen LogP contribution in [0.15, 0.2) is 62.8 Å². The molecule has 3 heterocycles. The minimum absolute atomic E-state index is 0.0322. The van der Waals surface area contributed by atoms with Crippen LogP contribution in [-0.2, 0) is 6.54 Å². The molecule has 3 aromatic heterocycles. The van der Waals surface area contributed by atoms with Crippen LogP contribution in [0.4, 0.5) is 0 Å². The Morgan fingerprint density at radius 1 is 1.23 bits per heavy atom. The standard InChI is InChI=1S/C23H17ClN4O3/c1-14-8-15(11-26-10-14)28-21(29)20-18(27(22(28)30)13-23(12-25)6-7-23)9-19(31-20)16-4-2-3-5-17(16)24/h2-5,8-11H,6-7,13H2,1H3. The lowest BCUT2D eigenvalue weighted by atomic mass is 10.1. The molecular weight excluding hydrogens is 416 g/mol. The van der Waals surface area contributed by atoms with E-state index in [1.54, 1.807) is 36.5 Å². The summed E-state index contributed by atoms with van der Waals surface area (Å²) < 4.78 is 8.45. The second kappa shape index (κ2) is 6.96. The quantitative estimate of drug-likeness (QED) is 0.484. The molecule has 1 aliphatic carbocycles. The van der Waals surface area contributed by atoms with Crippen LogP contribution in [0, 0.1) is 23.7 Å². The summed E-state index contributed by atoms with van der Waals surface area (Å²) >= 11 is 6.32. The van der Waals surface area contributed by atoms with Gasteiger partial charge >= 0.3 is 11.2 Å². The molecule has 0 bridgehead atoms. The summed E-state index contributed by atoms with van der Waals surface area (Å²) in [4.78, 5) is 30.9. The summed E-state index contributed by atoms with van der Waals surface area (Å²) in [5.74, 6) is 0.382. The van der Waals surface area contributed by atoms with Crippen LogP contribution >= 0.6 is 11.6 Å². The van der Waals surface area contributed by atoms with Gasteiger partial charge in [-0.1, -0.05) is 23.7 Å². The Bertz CT molecular complexity index is 1500. The second-order valence-corrected chi connectivity index (χ2v) is 8.33. The monoisotopic (exact) mass is 432 g/mol. The molecule has 0 atom stereocenters. The summed E-state index contributed by atoms with van der Waals surface area (Å²) in [5, 5.41) is 10.1. The average Bonchev–Trinajstić information content (AvgIpc) is 3.40. The lowest BCUT2D eigenvalue weighted by Crippen LogP contribution is -2.39. The average molecular weight is 433 g/mol. The van der Waals surface area contributed by atoms with E-state index in [0.717, 1.165) is 10.1 Å². The zero-order chi connectivity index (χ0) is 21.8. The Morgan fingerprint density at radius 2 is 2.00 bits per heavy atom. The molecule has 8 heteroatoms. The first-order valence-corrected chi connectivity index (χ1v) is 10.2. The first-order valence-electron chi connectivity index (χ1n) is 9.80. The Kier molecular flexibility index (Phi) is 4.34. The number of pyridine rings is 1. The maximum Gasteiger partial charge on any atom is 0.336 e. The van der Waals surface area contributed by atoms with Crippen LogP contribution in [-0.4, -0.2) is 14.1 Å². The SMILES string of the molecule is Cc1cncc(-n2c(=O)c3oc(-c4ccccc4Cl)cc3n(CC3(C#N)CC3)c2=O)c1. The zero-order valence-corrected chi connectivity index (χ0v) is 17.4. The lowest BCUT2D eigenvalue weighted by Gasteiger charge is -2.13. The summed E-state index contributed by atoms with van der Waals surface area (Å²) in [6.45, 7) is 2.01. The van der Waals surface area contributed by atoms with E-state index in [1.807, 2.05) is 13.0 Å². The number of nitriles is 1. The molecule has 0 aliphatic heterocycles. The molecule has 0 spiro atoms. The van der Waals surface area contributed by atoms with Crippen molar-refractivity contribution in [3.8, 4) is 23.1 Å². The van der Waals surface area contributed by atoms with E-state index in [1.165, 1.54) is 10.8 Å². The van der Waals surface area contributed by atoms with Crippen molar-refractivity contribution in [1.82, 2.24) is 14.1 Å². The molecule has 1 fully saturated rings. The maximum absolute atomic E-state index is 13.5. The molecule has 1 aromatic carbocycles. The third-order valence-corrected chi connectivity index (χ3v) is 5.96. The van der Waals surface area contributed by atoms with Crippen LogP contribution in [0.25, 0.3) is 28.1 Å². The van der Waals surface area contributed by atoms with Gasteiger partial charge in [0.1, 0.15) is 5.76 Å². The molecule has 0 saturated heterocycles. The number of hydrogen-bond donors (Lipinski definition) is 0. The number of nitrogens with zero attached hydrogens (tertiary/aromatic N) is 4. The molecule has 5 rings (SSSR count). The van der Waals surface area contributed by atoms with E-state index in [0.29, 0.717) is 40.4 Å². The van der Waals surface area contributed by atoms with Crippen molar-refractivity contribution in [2.75, 3.05) is 0 Å². The highest BCUT2D eigenvalue weighted by Crippen LogP contribution is 2.46. The van der Waals surface area contributed by atoms with Gasteiger partial charge in [-0.05, 0) is 43.5 Å². The fourth-order valence-electron chi connectivity index (χ4n) is 3.74. The predicted octanol–water partition coefficient (Wildman–Crippen LogP) is 4.07. The van der Waals surface area contributed by atoms with Crippen LogP contribution in [0.5, 0.6) is 0 Å². The van der Waals surface area contributed by atoms with Gasteiger partial charge in [0.25, 0.3) is 0 Å². The van der Waals surface area contributed by atoms with E-state index < -0.39 is 16.7 Å². The third kappa shape index (κ3) is 3.16. The van der Waals surface area contributed by atoms with Gasteiger partial charge in [0, 0.05) is 24.4 Å². The van der Waals surface area contributed by atoms with Crippen molar-refractivity contribution < 1.29 is 4.42 Å². The van der Waals surface area contributed by atoms with E-state index in [9.17, 15) is 14.9 Å². The molecule has 1 saturated carbocycles. The molecular formula is C23H17ClN4O3. The minimum Gasteiger partial charge on any atom is -0.449 e. The third-order valence-electron chi connectivity index (χ3n) is 5.63. The summed E-state index contributed by atoms with van der Waals surface area (Å²) in [6, 6.07) is 12.8.